The van der Waals surface area contributed by atoms with Gasteiger partial charge in [-0.1, -0.05) is 59.6 Å². The van der Waals surface area contributed by atoms with Crippen LogP contribution in [-0.2, 0) is 22.8 Å². The van der Waals surface area contributed by atoms with Crippen molar-refractivity contribution in [3.05, 3.63) is 122 Å². The van der Waals surface area contributed by atoms with Crippen molar-refractivity contribution >= 4 is 57.1 Å². The standard InChI is InChI=1S/C33H26BrClN2O6/c1-20-7-9-21(10-8-20)18-43-30-27(34)16-22(17-29(30)41-2)15-26-31(38)36-33(40)37(32(26)39)24-11-13-25(14-12-24)42-19-23-5-3-4-6-28(23)35/h3-17H,18-19H2,1-2H3,(H,36,38,40)/b26-15+. The smallest absolute Gasteiger partial charge is 0.335 e. The van der Waals surface area contributed by atoms with Gasteiger partial charge in [0.25, 0.3) is 11.8 Å². The molecule has 1 aliphatic rings. The van der Waals surface area contributed by atoms with Crippen LogP contribution in [0.1, 0.15) is 22.3 Å². The molecule has 4 amide bonds. The highest BCUT2D eigenvalue weighted by atomic mass is 79.9. The monoisotopic (exact) mass is 660 g/mol. The van der Waals surface area contributed by atoms with Crippen LogP contribution in [0.15, 0.2) is 95.0 Å². The molecular weight excluding hydrogens is 636 g/mol. The summed E-state index contributed by atoms with van der Waals surface area (Å²) in [4.78, 5) is 39.8. The van der Waals surface area contributed by atoms with E-state index in [1.807, 2.05) is 49.4 Å². The highest BCUT2D eigenvalue weighted by molar-refractivity contribution is 9.10. The Morgan fingerprint density at radius 2 is 1.63 bits per heavy atom. The van der Waals surface area contributed by atoms with Crippen molar-refractivity contribution < 1.29 is 28.6 Å². The van der Waals surface area contributed by atoms with Gasteiger partial charge in [0.15, 0.2) is 11.5 Å². The van der Waals surface area contributed by atoms with E-state index in [2.05, 4.69) is 21.2 Å². The Bertz CT molecular complexity index is 1720. The van der Waals surface area contributed by atoms with E-state index in [9.17, 15) is 14.4 Å². The Balaban J connectivity index is 1.34. The largest absolute Gasteiger partial charge is 0.493 e. The molecule has 4 aromatic carbocycles. The van der Waals surface area contributed by atoms with Crippen LogP contribution in [0.4, 0.5) is 10.5 Å². The van der Waals surface area contributed by atoms with Gasteiger partial charge in [-0.15, -0.1) is 0 Å². The maximum atomic E-state index is 13.4. The van der Waals surface area contributed by atoms with Crippen LogP contribution in [0.5, 0.6) is 17.2 Å². The average molecular weight is 662 g/mol. The molecule has 0 aromatic heterocycles. The summed E-state index contributed by atoms with van der Waals surface area (Å²) in [5.41, 5.74) is 3.49. The van der Waals surface area contributed by atoms with Gasteiger partial charge in [0, 0.05) is 10.6 Å². The first-order valence-corrected chi connectivity index (χ1v) is 14.3. The number of benzene rings is 4. The van der Waals surface area contributed by atoms with Gasteiger partial charge in [-0.05, 0) is 82.5 Å². The number of carbonyl (C=O) groups is 3. The number of amides is 4. The highest BCUT2D eigenvalue weighted by Crippen LogP contribution is 2.38. The van der Waals surface area contributed by atoms with Gasteiger partial charge in [-0.3, -0.25) is 14.9 Å². The Kier molecular flexibility index (Phi) is 9.13. The molecule has 4 aromatic rings. The van der Waals surface area contributed by atoms with Crippen LogP contribution in [0.25, 0.3) is 6.08 Å². The molecule has 1 saturated heterocycles. The fourth-order valence-electron chi connectivity index (χ4n) is 4.33. The van der Waals surface area contributed by atoms with Crippen LogP contribution >= 0.6 is 27.5 Å². The third-order valence-corrected chi connectivity index (χ3v) is 7.57. The van der Waals surface area contributed by atoms with Crippen LogP contribution in [-0.4, -0.2) is 25.0 Å². The molecule has 10 heteroatoms. The molecule has 0 spiro atoms. The van der Waals surface area contributed by atoms with Gasteiger partial charge in [-0.25, -0.2) is 9.69 Å². The van der Waals surface area contributed by atoms with Crippen LogP contribution in [0.2, 0.25) is 5.02 Å². The minimum atomic E-state index is -0.851. The predicted octanol–water partition coefficient (Wildman–Crippen LogP) is 7.24. The van der Waals surface area contributed by atoms with E-state index < -0.39 is 17.8 Å². The average Bonchev–Trinajstić information content (AvgIpc) is 2.99. The number of imide groups is 2. The first-order chi connectivity index (χ1) is 20.7. The number of carbonyl (C=O) groups excluding carboxylic acids is 3. The number of aryl methyl sites for hydroxylation is 1. The second kappa shape index (κ2) is 13.1. The number of nitrogens with one attached hydrogen (secondary N) is 1. The topological polar surface area (TPSA) is 94.2 Å². The molecule has 5 rings (SSSR count). The molecule has 43 heavy (non-hydrogen) atoms. The second-order valence-electron chi connectivity index (χ2n) is 9.64. The van der Waals surface area contributed by atoms with Crippen molar-refractivity contribution in [1.29, 1.82) is 0 Å². The Morgan fingerprint density at radius 1 is 0.907 bits per heavy atom. The summed E-state index contributed by atoms with van der Waals surface area (Å²) < 4.78 is 17.9. The number of urea groups is 1. The lowest BCUT2D eigenvalue weighted by Gasteiger charge is -2.26. The van der Waals surface area contributed by atoms with E-state index in [4.69, 9.17) is 25.8 Å². The maximum absolute atomic E-state index is 13.4. The minimum absolute atomic E-state index is 0.221. The van der Waals surface area contributed by atoms with Crippen LogP contribution in [0.3, 0.4) is 0 Å². The van der Waals surface area contributed by atoms with E-state index in [1.54, 1.807) is 42.5 Å². The van der Waals surface area contributed by atoms with E-state index >= 15 is 0 Å². The van der Waals surface area contributed by atoms with E-state index in [0.717, 1.165) is 21.6 Å². The number of hydrogen-bond donors (Lipinski definition) is 1. The summed E-state index contributed by atoms with van der Waals surface area (Å²) in [7, 11) is 1.50. The molecule has 0 bridgehead atoms. The SMILES string of the molecule is COc1cc(/C=C2\C(=O)NC(=O)N(c3ccc(OCc4ccccc4Cl)cc3)C2=O)cc(Br)c1OCc1ccc(C)cc1. The van der Waals surface area contributed by atoms with Crippen molar-refractivity contribution in [3.8, 4) is 17.2 Å². The van der Waals surface area contributed by atoms with Gasteiger partial charge in [0.05, 0.1) is 17.3 Å². The molecule has 8 nitrogen and oxygen atoms in total. The van der Waals surface area contributed by atoms with Crippen LogP contribution in [0, 0.1) is 6.92 Å². The Morgan fingerprint density at radius 3 is 2.33 bits per heavy atom. The van der Waals surface area contributed by atoms with Gasteiger partial charge >= 0.3 is 6.03 Å². The zero-order valence-corrected chi connectivity index (χ0v) is 25.6. The molecule has 1 heterocycles. The first kappa shape index (κ1) is 29.9. The third kappa shape index (κ3) is 6.90. The number of ether oxygens (including phenoxy) is 3. The van der Waals surface area contributed by atoms with E-state index in [1.165, 1.54) is 13.2 Å². The van der Waals surface area contributed by atoms with Crippen molar-refractivity contribution in [3.63, 3.8) is 0 Å². The van der Waals surface area contributed by atoms with Crippen molar-refractivity contribution in [2.75, 3.05) is 12.0 Å². The fraction of sp³-hybridized carbons (Fsp3) is 0.121. The second-order valence-corrected chi connectivity index (χ2v) is 10.9. The third-order valence-electron chi connectivity index (χ3n) is 6.62. The number of anilines is 1. The Labute approximate surface area is 261 Å². The summed E-state index contributed by atoms with van der Waals surface area (Å²) in [5.74, 6) is -0.188. The lowest BCUT2D eigenvalue weighted by molar-refractivity contribution is -0.122. The molecule has 1 aliphatic heterocycles. The van der Waals surface area contributed by atoms with Crippen molar-refractivity contribution in [1.82, 2.24) is 5.32 Å². The Hall–Kier alpha value is -4.60. The molecule has 1 N–H and O–H groups in total. The number of nitrogens with zero attached hydrogens (tertiary/aromatic N) is 1. The maximum Gasteiger partial charge on any atom is 0.335 e. The molecular formula is C33H26BrClN2O6. The van der Waals surface area contributed by atoms with Gasteiger partial charge < -0.3 is 14.2 Å². The summed E-state index contributed by atoms with van der Waals surface area (Å²) >= 11 is 9.70. The van der Waals surface area contributed by atoms with Crippen molar-refractivity contribution in [2.24, 2.45) is 0 Å². The lowest BCUT2D eigenvalue weighted by Crippen LogP contribution is -2.54. The quantitative estimate of drug-likeness (QED) is 0.150. The lowest BCUT2D eigenvalue weighted by atomic mass is 10.1. The molecule has 0 saturated carbocycles. The molecule has 0 radical (unpaired) electrons. The minimum Gasteiger partial charge on any atom is -0.493 e. The summed E-state index contributed by atoms with van der Waals surface area (Å²) in [5, 5.41) is 2.83. The summed E-state index contributed by atoms with van der Waals surface area (Å²) in [6.45, 7) is 2.58. The van der Waals surface area contributed by atoms with Crippen molar-refractivity contribution in [2.45, 2.75) is 20.1 Å². The number of rotatable bonds is 9. The number of barbiturate groups is 1. The molecule has 0 unspecified atom stereocenters. The molecule has 0 atom stereocenters. The summed E-state index contributed by atoms with van der Waals surface area (Å²) in [6, 6.07) is 24.2. The molecule has 218 valence electrons. The normalized spacial score (nSPS) is 14.1. The molecule has 0 aliphatic carbocycles. The number of hydrogen-bond acceptors (Lipinski definition) is 6. The van der Waals surface area contributed by atoms with E-state index in [-0.39, 0.29) is 17.9 Å². The zero-order chi connectivity index (χ0) is 30.5. The summed E-state index contributed by atoms with van der Waals surface area (Å²) in [6.07, 6.45) is 1.40. The highest BCUT2D eigenvalue weighted by Gasteiger charge is 2.37. The first-order valence-electron chi connectivity index (χ1n) is 13.2. The number of methoxy groups -OCH3 is 1. The number of halogens is 2. The molecule has 1 fully saturated rings. The van der Waals surface area contributed by atoms with Gasteiger partial charge in [0.2, 0.25) is 0 Å². The fourth-order valence-corrected chi connectivity index (χ4v) is 5.09. The van der Waals surface area contributed by atoms with Crippen LogP contribution < -0.4 is 24.4 Å². The zero-order valence-electron chi connectivity index (χ0n) is 23.2. The predicted molar refractivity (Wildman–Crippen MR) is 167 cm³/mol. The van der Waals surface area contributed by atoms with Gasteiger partial charge in [0.1, 0.15) is 24.5 Å². The van der Waals surface area contributed by atoms with E-state index in [0.29, 0.717) is 38.9 Å². The van der Waals surface area contributed by atoms with Gasteiger partial charge in [-0.2, -0.15) is 0 Å².